The van der Waals surface area contributed by atoms with Gasteiger partial charge in [0.05, 0.1) is 12.9 Å². The highest BCUT2D eigenvalue weighted by Crippen LogP contribution is 2.33. The van der Waals surface area contributed by atoms with Crippen molar-refractivity contribution < 1.29 is 19.7 Å². The molecule has 3 heterocycles. The molecule has 6 N–H and O–H groups in total. The maximum Gasteiger partial charge on any atom is 0.252 e. The Bertz CT molecular complexity index is 1340. The summed E-state index contributed by atoms with van der Waals surface area (Å²) in [4.78, 5) is 25.9. The monoisotopic (exact) mass is 517 g/mol. The van der Waals surface area contributed by atoms with Crippen LogP contribution < -0.4 is 16.4 Å². The van der Waals surface area contributed by atoms with E-state index < -0.39 is 30.4 Å². The number of rotatable bonds is 9. The van der Waals surface area contributed by atoms with Crippen LogP contribution in [0, 0.1) is 0 Å². The van der Waals surface area contributed by atoms with Gasteiger partial charge in [0.15, 0.2) is 29.3 Å². The molecule has 3 unspecified atom stereocenters. The van der Waals surface area contributed by atoms with Crippen LogP contribution in [0.25, 0.3) is 11.2 Å². The molecule has 2 aromatic heterocycles. The van der Waals surface area contributed by atoms with Gasteiger partial charge in [-0.05, 0) is 18.1 Å². The first-order valence-electron chi connectivity index (χ1n) is 12.6. The summed E-state index contributed by atoms with van der Waals surface area (Å²) in [6.45, 7) is 2.73. The number of carbonyl (C=O) groups is 1. The number of nitrogens with two attached hydrogens (primary N) is 1. The number of nitrogens with zero attached hydrogens (tertiary/aromatic N) is 4. The van der Waals surface area contributed by atoms with Crippen LogP contribution in [0.15, 0.2) is 67.0 Å². The summed E-state index contributed by atoms with van der Waals surface area (Å²) >= 11 is 0. The molecule has 1 amide bonds. The number of hydrogen-bond donors (Lipinski definition) is 5. The summed E-state index contributed by atoms with van der Waals surface area (Å²) in [5, 5.41) is 27.2. The van der Waals surface area contributed by atoms with Crippen LogP contribution in [0.2, 0.25) is 0 Å². The molecule has 2 aromatic carbocycles. The van der Waals surface area contributed by atoms with E-state index in [0.717, 1.165) is 11.1 Å². The first kappa shape index (κ1) is 25.7. The molecule has 5 rings (SSSR count). The van der Waals surface area contributed by atoms with Crippen LogP contribution in [0.4, 0.5) is 5.82 Å². The average Bonchev–Trinajstić information content (AvgIpc) is 3.50. The minimum Gasteiger partial charge on any atom is -0.387 e. The maximum absolute atomic E-state index is 12.3. The second-order valence-corrected chi connectivity index (χ2v) is 9.09. The third kappa shape index (κ3) is 4.96. The number of likely N-dealkylation sites (N-methyl/N-ethyl adjacent to an activating group) is 1. The number of aliphatic hydroxyl groups excluding tert-OH is 2. The van der Waals surface area contributed by atoms with E-state index >= 15 is 0 Å². The molecule has 4 aromatic rings. The minimum atomic E-state index is -1.41. The average molecular weight is 518 g/mol. The van der Waals surface area contributed by atoms with E-state index in [9.17, 15) is 15.0 Å². The second-order valence-electron chi connectivity index (χ2n) is 9.09. The van der Waals surface area contributed by atoms with Crippen LogP contribution in [0.1, 0.15) is 36.0 Å². The number of carbonyl (C=O) groups excluding carboxylic acids is 1. The minimum absolute atomic E-state index is 0.0406. The number of ether oxygens (including phenoxy) is 1. The Kier molecular flexibility index (Phi) is 7.61. The number of benzene rings is 2. The number of imidazole rings is 1. The summed E-state index contributed by atoms with van der Waals surface area (Å²) in [6.07, 6.45) is -3.61. The molecule has 0 saturated carbocycles. The molecule has 0 spiro atoms. The molecule has 0 bridgehead atoms. The third-order valence-corrected chi connectivity index (χ3v) is 6.65. The Morgan fingerprint density at radius 3 is 2.32 bits per heavy atom. The number of anilines is 1. The number of fused-ring (bicyclic) bond motifs is 1. The van der Waals surface area contributed by atoms with Crippen LogP contribution in [-0.4, -0.2) is 67.0 Å². The zero-order valence-electron chi connectivity index (χ0n) is 20.9. The zero-order valence-corrected chi connectivity index (χ0v) is 20.9. The van der Waals surface area contributed by atoms with E-state index in [2.05, 4.69) is 49.9 Å². The number of nitrogens with one attached hydrogen (secondary N) is 2. The van der Waals surface area contributed by atoms with Gasteiger partial charge in [-0.1, -0.05) is 60.7 Å². The fraction of sp³-hybridized carbons (Fsp3) is 0.333. The number of aromatic nitrogens is 4. The van der Waals surface area contributed by atoms with E-state index in [0.29, 0.717) is 35.9 Å². The Morgan fingerprint density at radius 1 is 1.05 bits per heavy atom. The lowest BCUT2D eigenvalue weighted by Gasteiger charge is -2.20. The fourth-order valence-electron chi connectivity index (χ4n) is 4.74. The van der Waals surface area contributed by atoms with Crippen molar-refractivity contribution in [3.63, 3.8) is 0 Å². The maximum atomic E-state index is 12.3. The van der Waals surface area contributed by atoms with E-state index in [1.165, 1.54) is 10.9 Å². The highest BCUT2D eigenvalue weighted by atomic mass is 16.6. The standard InChI is InChI=1S/C27H31N7O4/c1-2-29-26(37)23-21(35)22(36)27(38-23)34-15-31-20-24(32-19(13-28)33-25(20)34)30-14-18(16-9-5-3-6-10-16)17-11-7-4-8-12-17/h3-12,15,18,21-23,27,35-36H,2,13-14,28H2,1H3,(H,29,37)(H,30,32,33)/t21?,22?,23-,27?/m0/s1. The number of aliphatic hydroxyl groups is 2. The van der Waals surface area contributed by atoms with Crippen molar-refractivity contribution in [2.45, 2.75) is 43.9 Å². The van der Waals surface area contributed by atoms with Gasteiger partial charge < -0.3 is 31.3 Å². The summed E-state index contributed by atoms with van der Waals surface area (Å²) < 4.78 is 7.28. The van der Waals surface area contributed by atoms with Crippen LogP contribution in [0.3, 0.4) is 0 Å². The molecule has 4 atom stereocenters. The summed E-state index contributed by atoms with van der Waals surface area (Å²) in [6, 6.07) is 20.4. The Labute approximate surface area is 219 Å². The number of amides is 1. The van der Waals surface area contributed by atoms with Crippen LogP contribution in [0.5, 0.6) is 0 Å². The molecule has 1 saturated heterocycles. The molecule has 0 radical (unpaired) electrons. The molecule has 11 nitrogen and oxygen atoms in total. The van der Waals surface area contributed by atoms with Gasteiger partial charge in [0.2, 0.25) is 0 Å². The Balaban J connectivity index is 1.47. The van der Waals surface area contributed by atoms with Crippen molar-refractivity contribution in [3.8, 4) is 0 Å². The summed E-state index contributed by atoms with van der Waals surface area (Å²) in [5.74, 6) is 0.391. The van der Waals surface area contributed by atoms with Gasteiger partial charge in [-0.2, -0.15) is 0 Å². The Morgan fingerprint density at radius 2 is 1.71 bits per heavy atom. The lowest BCUT2D eigenvalue weighted by Crippen LogP contribution is -2.42. The first-order valence-corrected chi connectivity index (χ1v) is 12.6. The van der Waals surface area contributed by atoms with Gasteiger partial charge in [-0.15, -0.1) is 0 Å². The van der Waals surface area contributed by atoms with Gasteiger partial charge in [0.25, 0.3) is 5.91 Å². The predicted molar refractivity (Wildman–Crippen MR) is 141 cm³/mol. The third-order valence-electron chi connectivity index (χ3n) is 6.65. The molecule has 198 valence electrons. The zero-order chi connectivity index (χ0) is 26.6. The van der Waals surface area contributed by atoms with Gasteiger partial charge in [-0.25, -0.2) is 15.0 Å². The molecule has 11 heteroatoms. The van der Waals surface area contributed by atoms with Crippen molar-refractivity contribution in [1.82, 2.24) is 24.8 Å². The van der Waals surface area contributed by atoms with Crippen molar-refractivity contribution in [2.24, 2.45) is 5.73 Å². The largest absolute Gasteiger partial charge is 0.387 e. The fourth-order valence-corrected chi connectivity index (χ4v) is 4.74. The molecule has 1 aliphatic heterocycles. The molecule has 0 aliphatic carbocycles. The molecule has 1 fully saturated rings. The van der Waals surface area contributed by atoms with E-state index in [4.69, 9.17) is 10.5 Å². The molecular formula is C27H31N7O4. The van der Waals surface area contributed by atoms with Crippen LogP contribution in [-0.2, 0) is 16.1 Å². The smallest absolute Gasteiger partial charge is 0.252 e. The van der Waals surface area contributed by atoms with Gasteiger partial charge in [-0.3, -0.25) is 9.36 Å². The molecule has 38 heavy (non-hydrogen) atoms. The SMILES string of the molecule is CCNC(=O)[C@H]1OC(n2cnc3c(NCC(c4ccccc4)c4ccccc4)nc(CN)nc32)C(O)C1O. The van der Waals surface area contributed by atoms with Crippen molar-refractivity contribution in [1.29, 1.82) is 0 Å². The lowest BCUT2D eigenvalue weighted by molar-refractivity contribution is -0.137. The number of hydrogen-bond acceptors (Lipinski definition) is 9. The van der Waals surface area contributed by atoms with Crippen molar-refractivity contribution in [2.75, 3.05) is 18.4 Å². The second kappa shape index (κ2) is 11.2. The van der Waals surface area contributed by atoms with E-state index in [-0.39, 0.29) is 12.5 Å². The van der Waals surface area contributed by atoms with E-state index in [1.807, 2.05) is 36.4 Å². The molecule has 1 aliphatic rings. The normalized spacial score (nSPS) is 21.2. The predicted octanol–water partition coefficient (Wildman–Crippen LogP) is 1.28. The molecular weight excluding hydrogens is 486 g/mol. The van der Waals surface area contributed by atoms with Gasteiger partial charge >= 0.3 is 0 Å². The Hall–Kier alpha value is -3.90. The first-order chi connectivity index (χ1) is 18.5. The van der Waals surface area contributed by atoms with Crippen LogP contribution >= 0.6 is 0 Å². The quantitative estimate of drug-likeness (QED) is 0.220. The lowest BCUT2D eigenvalue weighted by atomic mass is 9.91. The van der Waals surface area contributed by atoms with Crippen molar-refractivity contribution in [3.05, 3.63) is 83.9 Å². The van der Waals surface area contributed by atoms with Gasteiger partial charge in [0.1, 0.15) is 18.0 Å². The summed E-state index contributed by atoms with van der Waals surface area (Å²) in [5.41, 5.74) is 9.02. The van der Waals surface area contributed by atoms with Gasteiger partial charge in [0, 0.05) is 19.0 Å². The summed E-state index contributed by atoms with van der Waals surface area (Å²) in [7, 11) is 0. The topological polar surface area (TPSA) is 160 Å². The highest BCUT2D eigenvalue weighted by molar-refractivity contribution is 5.84. The van der Waals surface area contributed by atoms with Crippen molar-refractivity contribution >= 4 is 22.9 Å². The van der Waals surface area contributed by atoms with E-state index in [1.54, 1.807) is 6.92 Å². The highest BCUT2D eigenvalue weighted by Gasteiger charge is 2.47.